The van der Waals surface area contributed by atoms with E-state index in [0.29, 0.717) is 29.6 Å². The van der Waals surface area contributed by atoms with Crippen LogP contribution in [0.15, 0.2) is 134 Å². The molecule has 5 aromatic carbocycles. The third kappa shape index (κ3) is 12.7. The second kappa shape index (κ2) is 27.3. The van der Waals surface area contributed by atoms with Crippen LogP contribution in [0.25, 0.3) is 144 Å². The average molecular weight is 1460 g/mol. The second-order valence-corrected chi connectivity index (χ2v) is 30.4. The first-order chi connectivity index (χ1) is 53.3. The number of H-pyrrole nitrogens is 4. The molecule has 0 unspecified atom stereocenters. The number of nitrogens with zero attached hydrogens (tertiary/aromatic N) is 13. The predicted molar refractivity (Wildman–Crippen MR) is 427 cm³/mol. The number of fused-ring (bicyclic) bond motifs is 5. The van der Waals surface area contributed by atoms with E-state index >= 15 is 0 Å². The molecule has 0 spiro atoms. The lowest BCUT2D eigenvalue weighted by molar-refractivity contribution is 0.393. The molecule has 12 aromatic heterocycles. The Morgan fingerprint density at radius 2 is 0.782 bits per heavy atom. The fourth-order valence-corrected chi connectivity index (χ4v) is 16.0. The molecule has 552 valence electrons. The number of aromatic amines is 4. The number of rotatable bonds is 13. The van der Waals surface area contributed by atoms with E-state index < -0.39 is 0 Å². The molecule has 110 heavy (non-hydrogen) atoms. The van der Waals surface area contributed by atoms with Gasteiger partial charge in [-0.15, -0.1) is 0 Å². The van der Waals surface area contributed by atoms with Crippen LogP contribution in [-0.4, -0.2) is 92.3 Å². The van der Waals surface area contributed by atoms with Crippen LogP contribution in [-0.2, 0) is 7.05 Å². The molecular weight excluding hydrogens is 1380 g/mol. The Bertz CT molecular complexity index is 6370. The molecule has 21 rings (SSSR count). The van der Waals surface area contributed by atoms with Crippen LogP contribution in [0, 0.1) is 83.1 Å². The summed E-state index contributed by atoms with van der Waals surface area (Å²) in [6.07, 6.45) is 19.0. The van der Waals surface area contributed by atoms with Crippen molar-refractivity contribution in [3.8, 4) is 95.0 Å². The standard InChI is InChI=1S/C25H22N4O.C22H22N4O2.C21H20N4O.C20H21N5O/c1-13-6-9-20-18(5-4-10-26-20)22(13)19-11-17(23-14(2)29-30-15(23)3)12-21-24(19)28-25(27-21)16-7-8-16;1-11-7-8-23-22(27-4)18(11)16-9-15(19-12(2)26-28-13(19)3)10-17-20(16)25-21(24-17)14-5-6-14;1-11-6-7-22-10-17(11)16-8-15(19-12(2)25-26-13(19)3)9-18-20(16)24-21(23-18)14-4-5-14;1-10-9-21-25(4)19(10)15-7-14(17-11(2)24-26-12(17)3)8-16-18(15)23-20(22-16)13-5-6-13/h4-6,9-12,16H,7-8H2,1-3H3,(H,27,28);7-10,14H,5-6H2,1-4H3,(H,24,25);6-10,14H,4-5H2,1-3H3,(H,23,24);7-9,13H,5-6H2,1-4H3,(H,22,23). The van der Waals surface area contributed by atoms with Crippen molar-refractivity contribution in [1.29, 1.82) is 0 Å². The molecule has 0 amide bonds. The lowest BCUT2D eigenvalue weighted by Crippen LogP contribution is -1.96. The molecule has 0 radical (unpaired) electrons. The average Bonchev–Trinajstić information content (AvgIpc) is 1.76. The smallest absolute Gasteiger partial charge is 0.221 e. The van der Waals surface area contributed by atoms with Gasteiger partial charge >= 0.3 is 0 Å². The SMILES string of the molecule is COc1nccc(C)c1-c1cc(-c2c(C)noc2C)cc2[nH]c(C3CC3)nc12.Cc1ccc2ncccc2c1-c1cc(-c2c(C)noc2C)cc2[nH]c(C3CC3)nc12.Cc1ccncc1-c1cc(-c2c(C)noc2C)cc2[nH]c(C3CC3)nc12.Cc1cnn(C)c1-c1cc(-c2c(C)noc2C)cc2[nH]c(C3CC3)nc12. The maximum Gasteiger partial charge on any atom is 0.221 e. The van der Waals surface area contributed by atoms with E-state index in [1.165, 1.54) is 68.1 Å². The van der Waals surface area contributed by atoms with Crippen LogP contribution in [0.5, 0.6) is 5.88 Å². The summed E-state index contributed by atoms with van der Waals surface area (Å²) >= 11 is 0. The summed E-state index contributed by atoms with van der Waals surface area (Å²) in [6.45, 7) is 24.2. The Balaban J connectivity index is 0.000000103. The molecule has 0 atom stereocenters. The van der Waals surface area contributed by atoms with E-state index in [1.807, 2.05) is 110 Å². The van der Waals surface area contributed by atoms with Crippen LogP contribution < -0.4 is 4.74 Å². The Labute approximate surface area is 634 Å². The van der Waals surface area contributed by atoms with Crippen LogP contribution in [0.3, 0.4) is 0 Å². The third-order valence-electron chi connectivity index (χ3n) is 22.1. The minimum atomic E-state index is 0.541. The number of benzene rings is 5. The lowest BCUT2D eigenvalue weighted by Gasteiger charge is -2.13. The highest BCUT2D eigenvalue weighted by Gasteiger charge is 2.33. The van der Waals surface area contributed by atoms with Gasteiger partial charge in [-0.2, -0.15) is 5.10 Å². The van der Waals surface area contributed by atoms with Gasteiger partial charge in [-0.25, -0.2) is 24.9 Å². The zero-order chi connectivity index (χ0) is 75.7. The first-order valence-corrected chi connectivity index (χ1v) is 37.9. The van der Waals surface area contributed by atoms with E-state index in [-0.39, 0.29) is 0 Å². The van der Waals surface area contributed by atoms with Gasteiger partial charge < -0.3 is 42.8 Å². The number of ether oxygens (including phenoxy) is 1. The molecule has 12 heterocycles. The number of hydrogen-bond donors (Lipinski definition) is 4. The molecule has 4 fully saturated rings. The molecule has 0 aliphatic heterocycles. The second-order valence-electron chi connectivity index (χ2n) is 30.4. The van der Waals surface area contributed by atoms with E-state index in [4.69, 9.17) is 42.8 Å². The Morgan fingerprint density at radius 3 is 1.18 bits per heavy atom. The highest BCUT2D eigenvalue weighted by molar-refractivity contribution is 6.06. The largest absolute Gasteiger partial charge is 0.481 e. The summed E-state index contributed by atoms with van der Waals surface area (Å²) in [5.41, 5.74) is 34.6. The number of aromatic nitrogens is 17. The van der Waals surface area contributed by atoms with Gasteiger partial charge in [-0.1, -0.05) is 32.8 Å². The van der Waals surface area contributed by atoms with Crippen molar-refractivity contribution in [2.75, 3.05) is 7.11 Å². The molecule has 0 bridgehead atoms. The molecule has 22 nitrogen and oxygen atoms in total. The van der Waals surface area contributed by atoms with Crippen molar-refractivity contribution in [3.05, 3.63) is 207 Å². The third-order valence-corrected chi connectivity index (χ3v) is 22.1. The maximum atomic E-state index is 5.59. The fraction of sp³-hybridized carbons (Fsp3) is 0.295. The van der Waals surface area contributed by atoms with Crippen LogP contribution in [0.2, 0.25) is 0 Å². The Morgan fingerprint density at radius 1 is 0.382 bits per heavy atom. The number of imidazole rings is 4. The van der Waals surface area contributed by atoms with E-state index in [0.717, 1.165) is 219 Å². The molecule has 22 heteroatoms. The van der Waals surface area contributed by atoms with E-state index in [9.17, 15) is 0 Å². The van der Waals surface area contributed by atoms with Crippen LogP contribution in [0.4, 0.5) is 0 Å². The molecule has 4 saturated carbocycles. The van der Waals surface area contributed by atoms with Gasteiger partial charge in [0.2, 0.25) is 5.88 Å². The quantitative estimate of drug-likeness (QED) is 0.0834. The van der Waals surface area contributed by atoms with Gasteiger partial charge in [0, 0.05) is 117 Å². The Hall–Kier alpha value is -12.5. The van der Waals surface area contributed by atoms with E-state index in [1.54, 1.807) is 13.3 Å². The lowest BCUT2D eigenvalue weighted by atomic mass is 9.92. The summed E-state index contributed by atoms with van der Waals surface area (Å²) in [7, 11) is 3.63. The van der Waals surface area contributed by atoms with Gasteiger partial charge in [-0.3, -0.25) is 14.6 Å². The van der Waals surface area contributed by atoms with Crippen molar-refractivity contribution in [2.24, 2.45) is 7.05 Å². The van der Waals surface area contributed by atoms with Crippen molar-refractivity contribution in [3.63, 3.8) is 0 Å². The highest BCUT2D eigenvalue weighted by Crippen LogP contribution is 2.49. The van der Waals surface area contributed by atoms with Crippen molar-refractivity contribution >= 4 is 55.0 Å². The summed E-state index contributed by atoms with van der Waals surface area (Å²) in [6, 6.07) is 29.8. The molecule has 17 aromatic rings. The number of nitrogens with one attached hydrogen (secondary N) is 4. The highest BCUT2D eigenvalue weighted by atomic mass is 16.5. The first-order valence-electron chi connectivity index (χ1n) is 37.9. The molecule has 0 saturated heterocycles. The topological polar surface area (TPSA) is 285 Å². The number of aryl methyl sites for hydroxylation is 13. The maximum absolute atomic E-state index is 5.59. The van der Waals surface area contributed by atoms with E-state index in [2.05, 4.69) is 155 Å². The minimum Gasteiger partial charge on any atom is -0.481 e. The van der Waals surface area contributed by atoms with Crippen molar-refractivity contribution in [1.82, 2.24) is 85.2 Å². The summed E-state index contributed by atoms with van der Waals surface area (Å²) in [5.74, 6) is 10.5. The minimum absolute atomic E-state index is 0.541. The molecule has 4 aliphatic rings. The number of pyridine rings is 3. The van der Waals surface area contributed by atoms with Gasteiger partial charge in [-0.05, 0) is 257 Å². The summed E-state index contributed by atoms with van der Waals surface area (Å²) in [5, 5.41) is 22.1. The van der Waals surface area contributed by atoms with Crippen molar-refractivity contribution < 1.29 is 22.8 Å². The molecule has 4 aliphatic carbocycles. The van der Waals surface area contributed by atoms with Gasteiger partial charge in [0.05, 0.1) is 91.4 Å². The zero-order valence-electron chi connectivity index (χ0n) is 64.3. The number of hydrogen-bond acceptors (Lipinski definition) is 17. The van der Waals surface area contributed by atoms with Crippen LogP contribution >= 0.6 is 0 Å². The van der Waals surface area contributed by atoms with Crippen LogP contribution in [0.1, 0.15) is 166 Å². The summed E-state index contributed by atoms with van der Waals surface area (Å²) in [4.78, 5) is 47.5. The first kappa shape index (κ1) is 69.3. The zero-order valence-corrected chi connectivity index (χ0v) is 64.3. The Kier molecular flexibility index (Phi) is 17.2. The summed E-state index contributed by atoms with van der Waals surface area (Å²) < 4.78 is 29.2. The molecule has 4 N–H and O–H groups in total. The van der Waals surface area contributed by atoms with Crippen molar-refractivity contribution in [2.45, 2.75) is 158 Å². The van der Waals surface area contributed by atoms with Gasteiger partial charge in [0.25, 0.3) is 0 Å². The normalized spacial score (nSPS) is 14.2. The van der Waals surface area contributed by atoms with Gasteiger partial charge in [0.1, 0.15) is 46.3 Å². The number of methoxy groups -OCH3 is 1. The monoisotopic (exact) mass is 1460 g/mol. The predicted octanol–water partition coefficient (Wildman–Crippen LogP) is 20.8. The molecular formula is C88H85N17O5. The van der Waals surface area contributed by atoms with Gasteiger partial charge in [0.15, 0.2) is 0 Å². The fourth-order valence-electron chi connectivity index (χ4n) is 16.0.